The second-order valence-electron chi connectivity index (χ2n) is 7.88. The summed E-state index contributed by atoms with van der Waals surface area (Å²) in [4.78, 5) is 14.4. The smallest absolute Gasteiger partial charge is 0.227 e. The molecule has 1 aliphatic rings. The monoisotopic (exact) mass is 417 g/mol. The number of nitrogens with zero attached hydrogens (tertiary/aromatic N) is 4. The third-order valence-corrected chi connectivity index (χ3v) is 6.25. The molecule has 0 spiro atoms. The quantitative estimate of drug-likeness (QED) is 0.634. The lowest BCUT2D eigenvalue weighted by atomic mass is 10.2. The van der Waals surface area contributed by atoms with E-state index in [-0.39, 0.29) is 11.3 Å². The summed E-state index contributed by atoms with van der Waals surface area (Å²) in [7, 11) is -1.42. The molecule has 0 bridgehead atoms. The summed E-state index contributed by atoms with van der Waals surface area (Å²) < 4.78 is 31.9. The van der Waals surface area contributed by atoms with Gasteiger partial charge in [-0.25, -0.2) is 18.4 Å². The molecule has 0 radical (unpaired) electrons. The van der Waals surface area contributed by atoms with Crippen molar-refractivity contribution >= 4 is 20.9 Å². The van der Waals surface area contributed by atoms with Crippen molar-refractivity contribution < 1.29 is 13.2 Å². The van der Waals surface area contributed by atoms with Gasteiger partial charge < -0.3 is 14.3 Å². The summed E-state index contributed by atoms with van der Waals surface area (Å²) in [6, 6.07) is 6.08. The third-order valence-electron chi connectivity index (χ3n) is 5.26. The van der Waals surface area contributed by atoms with Crippen molar-refractivity contribution in [3.63, 3.8) is 0 Å². The Morgan fingerprint density at radius 3 is 2.86 bits per heavy atom. The second-order valence-corrected chi connectivity index (χ2v) is 9.79. The molecule has 8 nitrogen and oxygen atoms in total. The number of aryl methyl sites for hydroxylation is 1. The molecule has 156 valence electrons. The van der Waals surface area contributed by atoms with Crippen LogP contribution in [0.5, 0.6) is 0 Å². The summed E-state index contributed by atoms with van der Waals surface area (Å²) in [6.45, 7) is 4.47. The van der Waals surface area contributed by atoms with E-state index < -0.39 is 9.84 Å². The van der Waals surface area contributed by atoms with Crippen LogP contribution in [-0.2, 0) is 34.2 Å². The van der Waals surface area contributed by atoms with Crippen molar-refractivity contribution in [3.05, 3.63) is 41.5 Å². The van der Waals surface area contributed by atoms with Crippen LogP contribution in [0.2, 0.25) is 0 Å². The number of imidazole rings is 2. The number of para-hydroxylation sites is 1. The summed E-state index contributed by atoms with van der Waals surface area (Å²) in [6.07, 6.45) is 4.84. The van der Waals surface area contributed by atoms with E-state index in [2.05, 4.69) is 14.9 Å². The van der Waals surface area contributed by atoms with E-state index in [4.69, 9.17) is 9.72 Å². The Morgan fingerprint density at radius 2 is 2.17 bits per heavy atom. The van der Waals surface area contributed by atoms with Crippen molar-refractivity contribution in [2.45, 2.75) is 50.7 Å². The van der Waals surface area contributed by atoms with Crippen molar-refractivity contribution in [2.24, 2.45) is 0 Å². The van der Waals surface area contributed by atoms with Gasteiger partial charge in [-0.2, -0.15) is 0 Å². The minimum Gasteiger partial charge on any atom is -0.376 e. The normalized spacial score (nSPS) is 17.6. The molecule has 0 aliphatic carbocycles. The van der Waals surface area contributed by atoms with Crippen LogP contribution in [0.1, 0.15) is 29.9 Å². The Morgan fingerprint density at radius 1 is 1.34 bits per heavy atom. The van der Waals surface area contributed by atoms with Crippen LogP contribution < -0.4 is 0 Å². The summed E-state index contributed by atoms with van der Waals surface area (Å²) in [5.74, 6) is 0.880. The van der Waals surface area contributed by atoms with Gasteiger partial charge in [0.05, 0.1) is 42.1 Å². The molecule has 0 amide bonds. The molecule has 1 atom stereocenters. The average molecular weight is 418 g/mol. The van der Waals surface area contributed by atoms with Gasteiger partial charge in [0.15, 0.2) is 0 Å². The maximum atomic E-state index is 12.2. The maximum absolute atomic E-state index is 12.2. The summed E-state index contributed by atoms with van der Waals surface area (Å²) in [5, 5.41) is 0.107. The van der Waals surface area contributed by atoms with E-state index in [1.165, 1.54) is 6.26 Å². The topological polar surface area (TPSA) is 93.1 Å². The first-order valence-electron chi connectivity index (χ1n) is 9.80. The molecule has 1 saturated heterocycles. The van der Waals surface area contributed by atoms with Gasteiger partial charge >= 0.3 is 0 Å². The van der Waals surface area contributed by atoms with E-state index in [1.807, 2.05) is 32.2 Å². The molecule has 1 fully saturated rings. The van der Waals surface area contributed by atoms with Gasteiger partial charge in [0.25, 0.3) is 0 Å². The molecular formula is C20H27N5O3S. The maximum Gasteiger partial charge on any atom is 0.227 e. The number of aromatic amines is 1. The number of benzene rings is 1. The van der Waals surface area contributed by atoms with E-state index in [0.717, 1.165) is 47.6 Å². The number of hydrogen-bond donors (Lipinski definition) is 1. The minimum absolute atomic E-state index is 0.0344. The Balaban J connectivity index is 1.54. The van der Waals surface area contributed by atoms with E-state index >= 15 is 0 Å². The molecule has 4 rings (SSSR count). The van der Waals surface area contributed by atoms with Gasteiger partial charge in [0.1, 0.15) is 5.82 Å². The highest BCUT2D eigenvalue weighted by Gasteiger charge is 2.24. The van der Waals surface area contributed by atoms with Gasteiger partial charge in [-0.1, -0.05) is 12.1 Å². The molecule has 3 heterocycles. The zero-order chi connectivity index (χ0) is 20.6. The third kappa shape index (κ3) is 4.36. The van der Waals surface area contributed by atoms with Crippen molar-refractivity contribution in [3.8, 4) is 0 Å². The minimum atomic E-state index is -3.41. The van der Waals surface area contributed by atoms with E-state index in [0.29, 0.717) is 19.6 Å². The Labute approximate surface area is 170 Å². The highest BCUT2D eigenvalue weighted by molar-refractivity contribution is 7.90. The molecule has 1 aliphatic heterocycles. The van der Waals surface area contributed by atoms with Crippen LogP contribution in [0.15, 0.2) is 29.6 Å². The fraction of sp³-hybridized carbons (Fsp3) is 0.500. The lowest BCUT2D eigenvalue weighted by Gasteiger charge is -2.19. The van der Waals surface area contributed by atoms with Gasteiger partial charge in [0, 0.05) is 19.4 Å². The van der Waals surface area contributed by atoms with Crippen molar-refractivity contribution in [1.82, 2.24) is 24.4 Å². The van der Waals surface area contributed by atoms with Crippen LogP contribution in [0.3, 0.4) is 0 Å². The van der Waals surface area contributed by atoms with Crippen LogP contribution in [0, 0.1) is 6.92 Å². The van der Waals surface area contributed by atoms with E-state index in [9.17, 15) is 8.42 Å². The number of aromatic nitrogens is 4. The van der Waals surface area contributed by atoms with Gasteiger partial charge in [-0.05, 0) is 38.4 Å². The summed E-state index contributed by atoms with van der Waals surface area (Å²) >= 11 is 0. The lowest BCUT2D eigenvalue weighted by molar-refractivity contribution is 0.0934. The van der Waals surface area contributed by atoms with E-state index in [1.54, 1.807) is 10.8 Å². The first-order valence-corrected chi connectivity index (χ1v) is 11.7. The SMILES string of the molecule is Cc1cccc2[nH]c(CN(C)Cc3cnc(S(C)(=O)=O)n3CC3CCCO3)nc12. The molecule has 29 heavy (non-hydrogen) atoms. The molecular weight excluding hydrogens is 390 g/mol. The lowest BCUT2D eigenvalue weighted by Crippen LogP contribution is -2.24. The Bertz CT molecular complexity index is 1110. The predicted molar refractivity (Wildman–Crippen MR) is 110 cm³/mol. The zero-order valence-electron chi connectivity index (χ0n) is 17.1. The molecule has 3 aromatic rings. The second kappa shape index (κ2) is 7.89. The largest absolute Gasteiger partial charge is 0.376 e. The zero-order valence-corrected chi connectivity index (χ0v) is 17.9. The number of nitrogens with one attached hydrogen (secondary N) is 1. The van der Waals surface area contributed by atoms with Crippen LogP contribution >= 0.6 is 0 Å². The number of hydrogen-bond acceptors (Lipinski definition) is 6. The van der Waals surface area contributed by atoms with Crippen LogP contribution in [0.4, 0.5) is 0 Å². The van der Waals surface area contributed by atoms with Gasteiger partial charge in [-0.15, -0.1) is 0 Å². The highest BCUT2D eigenvalue weighted by atomic mass is 32.2. The first kappa shape index (κ1) is 20.1. The van der Waals surface area contributed by atoms with Gasteiger partial charge in [-0.3, -0.25) is 4.90 Å². The number of rotatable bonds is 7. The van der Waals surface area contributed by atoms with Crippen LogP contribution in [0.25, 0.3) is 11.0 Å². The standard InChI is InChI=1S/C20H27N5O3S/c1-14-6-4-8-17-19(14)23-18(22-17)13-24(2)11-15-10-21-20(29(3,26)27)25(15)12-16-7-5-9-28-16/h4,6,8,10,16H,5,7,9,11-13H2,1-3H3,(H,22,23). The van der Waals surface area contributed by atoms with Crippen molar-refractivity contribution in [2.75, 3.05) is 19.9 Å². The molecule has 0 saturated carbocycles. The number of H-pyrrole nitrogens is 1. The highest BCUT2D eigenvalue weighted by Crippen LogP contribution is 2.21. The molecule has 9 heteroatoms. The Kier molecular flexibility index (Phi) is 5.46. The predicted octanol–water partition coefficient (Wildman–Crippen LogP) is 2.28. The molecule has 1 unspecified atom stereocenters. The number of ether oxygens (including phenoxy) is 1. The number of fused-ring (bicyclic) bond motifs is 1. The molecule has 1 N–H and O–H groups in total. The van der Waals surface area contributed by atoms with Crippen molar-refractivity contribution in [1.29, 1.82) is 0 Å². The fourth-order valence-corrected chi connectivity index (χ4v) is 4.73. The molecule has 1 aromatic carbocycles. The fourth-order valence-electron chi connectivity index (χ4n) is 3.89. The summed E-state index contributed by atoms with van der Waals surface area (Å²) in [5.41, 5.74) is 4.01. The first-order chi connectivity index (χ1) is 13.8. The average Bonchev–Trinajstić information content (AvgIpc) is 3.36. The van der Waals surface area contributed by atoms with Crippen LogP contribution in [-0.4, -0.2) is 58.9 Å². The molecule has 2 aromatic heterocycles. The Hall–Kier alpha value is -2.23. The number of sulfone groups is 1. The van der Waals surface area contributed by atoms with Gasteiger partial charge in [0.2, 0.25) is 15.0 Å².